The molecule has 0 aliphatic heterocycles. The molecule has 0 bridgehead atoms. The molecule has 6 heteroatoms. The van der Waals surface area contributed by atoms with E-state index < -0.39 is 17.7 Å². The molecule has 0 aromatic heterocycles. The molecule has 2 aromatic carbocycles. The largest absolute Gasteiger partial charge is 0.349 e. The molecule has 1 amide bonds. The summed E-state index contributed by atoms with van der Waals surface area (Å²) >= 11 is 12.0. The van der Waals surface area contributed by atoms with Gasteiger partial charge in [-0.3, -0.25) is 4.79 Å². The predicted octanol–water partition coefficient (Wildman–Crippen LogP) is 4.69. The Bertz CT molecular complexity index is 686. The van der Waals surface area contributed by atoms with Gasteiger partial charge in [-0.1, -0.05) is 35.3 Å². The maximum absolute atomic E-state index is 13.2. The third-order valence-electron chi connectivity index (χ3n) is 3.22. The van der Waals surface area contributed by atoms with E-state index >= 15 is 0 Å². The second-order valence-corrected chi connectivity index (χ2v) is 5.65. The summed E-state index contributed by atoms with van der Waals surface area (Å²) in [5.41, 5.74) is 0.998. The first-order valence-corrected chi connectivity index (χ1v) is 7.31. The van der Waals surface area contributed by atoms with Crippen LogP contribution in [0.25, 0.3) is 0 Å². The van der Waals surface area contributed by atoms with Crippen molar-refractivity contribution < 1.29 is 13.6 Å². The minimum Gasteiger partial charge on any atom is -0.349 e. The van der Waals surface area contributed by atoms with Crippen LogP contribution in [0.4, 0.5) is 8.78 Å². The lowest BCUT2D eigenvalue weighted by atomic mass is 10.1. The Morgan fingerprint density at radius 3 is 2.36 bits per heavy atom. The first kappa shape index (κ1) is 16.7. The van der Waals surface area contributed by atoms with Gasteiger partial charge in [0.1, 0.15) is 0 Å². The van der Waals surface area contributed by atoms with Crippen LogP contribution in [0.15, 0.2) is 36.4 Å². The van der Waals surface area contributed by atoms with Crippen LogP contribution in [0.5, 0.6) is 0 Å². The van der Waals surface area contributed by atoms with Gasteiger partial charge in [-0.2, -0.15) is 0 Å². The molecule has 0 aliphatic rings. The van der Waals surface area contributed by atoms with E-state index in [1.807, 2.05) is 0 Å². The Labute approximate surface area is 137 Å². The first-order chi connectivity index (χ1) is 10.4. The molecule has 2 nitrogen and oxygen atoms in total. The molecule has 0 fully saturated rings. The van der Waals surface area contributed by atoms with Crippen molar-refractivity contribution in [2.75, 3.05) is 0 Å². The molecule has 0 aliphatic carbocycles. The second kappa shape index (κ2) is 7.07. The topological polar surface area (TPSA) is 29.1 Å². The SMILES string of the molecule is CC(NC(=O)Cc1c(Cl)cccc1Cl)c1ccc(F)c(F)c1. The molecule has 1 atom stereocenters. The Kier molecular flexibility index (Phi) is 5.37. The van der Waals surface area contributed by atoms with Gasteiger partial charge in [0.15, 0.2) is 11.6 Å². The van der Waals surface area contributed by atoms with Crippen molar-refractivity contribution in [1.29, 1.82) is 0 Å². The van der Waals surface area contributed by atoms with E-state index in [0.29, 0.717) is 21.2 Å². The number of carbonyl (C=O) groups excluding carboxylic acids is 1. The Hall–Kier alpha value is -1.65. The van der Waals surface area contributed by atoms with Gasteiger partial charge in [-0.15, -0.1) is 0 Å². The molecular weight excluding hydrogens is 331 g/mol. The second-order valence-electron chi connectivity index (χ2n) is 4.84. The summed E-state index contributed by atoms with van der Waals surface area (Å²) in [5, 5.41) is 3.51. The molecule has 1 N–H and O–H groups in total. The number of nitrogens with one attached hydrogen (secondary N) is 1. The zero-order valence-corrected chi connectivity index (χ0v) is 13.2. The van der Waals surface area contributed by atoms with Gasteiger partial charge in [0.05, 0.1) is 12.5 Å². The summed E-state index contributed by atoms with van der Waals surface area (Å²) in [6.45, 7) is 1.68. The molecule has 2 aromatic rings. The number of carbonyl (C=O) groups is 1. The van der Waals surface area contributed by atoms with Crippen LogP contribution in [0.3, 0.4) is 0 Å². The summed E-state index contributed by atoms with van der Waals surface area (Å²) in [5.74, 6) is -2.19. The average Bonchev–Trinajstić information content (AvgIpc) is 2.46. The van der Waals surface area contributed by atoms with Crippen LogP contribution in [0.1, 0.15) is 24.1 Å². The monoisotopic (exact) mass is 343 g/mol. The van der Waals surface area contributed by atoms with Gasteiger partial charge < -0.3 is 5.32 Å². The van der Waals surface area contributed by atoms with Crippen LogP contribution in [-0.4, -0.2) is 5.91 Å². The predicted molar refractivity (Wildman–Crippen MR) is 83.1 cm³/mol. The summed E-state index contributed by atoms with van der Waals surface area (Å²) in [4.78, 5) is 12.1. The highest BCUT2D eigenvalue weighted by molar-refractivity contribution is 6.36. The number of hydrogen-bond acceptors (Lipinski definition) is 1. The zero-order chi connectivity index (χ0) is 16.3. The molecule has 22 heavy (non-hydrogen) atoms. The summed E-state index contributed by atoms with van der Waals surface area (Å²) < 4.78 is 26.1. The average molecular weight is 344 g/mol. The van der Waals surface area contributed by atoms with Crippen molar-refractivity contribution in [2.24, 2.45) is 0 Å². The number of hydrogen-bond donors (Lipinski definition) is 1. The van der Waals surface area contributed by atoms with Crippen molar-refractivity contribution in [3.8, 4) is 0 Å². The van der Waals surface area contributed by atoms with E-state index in [9.17, 15) is 13.6 Å². The Morgan fingerprint density at radius 2 is 1.77 bits per heavy atom. The lowest BCUT2D eigenvalue weighted by molar-refractivity contribution is -0.121. The maximum Gasteiger partial charge on any atom is 0.225 e. The van der Waals surface area contributed by atoms with Crippen molar-refractivity contribution in [2.45, 2.75) is 19.4 Å². The van der Waals surface area contributed by atoms with Gasteiger partial charge in [0, 0.05) is 10.0 Å². The van der Waals surface area contributed by atoms with Crippen molar-refractivity contribution >= 4 is 29.1 Å². The summed E-state index contributed by atoms with van der Waals surface area (Å²) in [7, 11) is 0. The van der Waals surface area contributed by atoms with Crippen LogP contribution < -0.4 is 5.32 Å². The normalized spacial score (nSPS) is 12.0. The number of rotatable bonds is 4. The molecule has 0 spiro atoms. The van der Waals surface area contributed by atoms with Crippen LogP contribution in [-0.2, 0) is 11.2 Å². The van der Waals surface area contributed by atoms with E-state index in [1.54, 1.807) is 25.1 Å². The van der Waals surface area contributed by atoms with E-state index in [4.69, 9.17) is 23.2 Å². The highest BCUT2D eigenvalue weighted by atomic mass is 35.5. The zero-order valence-electron chi connectivity index (χ0n) is 11.7. The number of benzene rings is 2. The smallest absolute Gasteiger partial charge is 0.225 e. The fraction of sp³-hybridized carbons (Fsp3) is 0.188. The number of halogens is 4. The van der Waals surface area contributed by atoms with Gasteiger partial charge in [0.25, 0.3) is 0 Å². The molecule has 116 valence electrons. The highest BCUT2D eigenvalue weighted by Gasteiger charge is 2.15. The first-order valence-electron chi connectivity index (χ1n) is 6.55. The van der Waals surface area contributed by atoms with Gasteiger partial charge >= 0.3 is 0 Å². The minimum absolute atomic E-state index is 0.00647. The molecule has 1 unspecified atom stereocenters. The summed E-state index contributed by atoms with van der Waals surface area (Å²) in [6.07, 6.45) is 0.00647. The van der Waals surface area contributed by atoms with Gasteiger partial charge in [-0.25, -0.2) is 8.78 Å². The lowest BCUT2D eigenvalue weighted by Crippen LogP contribution is -2.28. The molecule has 0 heterocycles. The lowest BCUT2D eigenvalue weighted by Gasteiger charge is -2.15. The third kappa shape index (κ3) is 3.96. The van der Waals surface area contributed by atoms with E-state index in [0.717, 1.165) is 12.1 Å². The van der Waals surface area contributed by atoms with Crippen LogP contribution in [0.2, 0.25) is 10.0 Å². The van der Waals surface area contributed by atoms with Crippen LogP contribution >= 0.6 is 23.2 Å². The fourth-order valence-electron chi connectivity index (χ4n) is 2.02. The molecule has 0 saturated heterocycles. The van der Waals surface area contributed by atoms with Crippen LogP contribution in [0, 0.1) is 11.6 Å². The Balaban J connectivity index is 2.07. The molecule has 2 rings (SSSR count). The standard InChI is InChI=1S/C16H13Cl2F2NO/c1-9(10-5-6-14(19)15(20)7-10)21-16(22)8-11-12(17)3-2-4-13(11)18/h2-7,9H,8H2,1H3,(H,21,22). The fourth-order valence-corrected chi connectivity index (χ4v) is 2.55. The van der Waals surface area contributed by atoms with Gasteiger partial charge in [-0.05, 0) is 42.3 Å². The molecule has 0 radical (unpaired) electrons. The number of amides is 1. The minimum atomic E-state index is -0.951. The van der Waals surface area contributed by atoms with Crippen molar-refractivity contribution in [3.05, 3.63) is 69.2 Å². The third-order valence-corrected chi connectivity index (χ3v) is 3.93. The quantitative estimate of drug-likeness (QED) is 0.857. The van der Waals surface area contributed by atoms with Gasteiger partial charge in [0.2, 0.25) is 5.91 Å². The Morgan fingerprint density at radius 1 is 1.14 bits per heavy atom. The maximum atomic E-state index is 13.2. The molecular formula is C16H13Cl2F2NO. The van der Waals surface area contributed by atoms with E-state index in [2.05, 4.69) is 5.32 Å². The van der Waals surface area contributed by atoms with E-state index in [1.165, 1.54) is 6.07 Å². The summed E-state index contributed by atoms with van der Waals surface area (Å²) in [6, 6.07) is 8.02. The highest BCUT2D eigenvalue weighted by Crippen LogP contribution is 2.25. The van der Waals surface area contributed by atoms with Crippen molar-refractivity contribution in [1.82, 2.24) is 5.32 Å². The van der Waals surface area contributed by atoms with E-state index in [-0.39, 0.29) is 12.3 Å². The van der Waals surface area contributed by atoms with Crippen molar-refractivity contribution in [3.63, 3.8) is 0 Å². The molecule has 0 saturated carbocycles.